The third kappa shape index (κ3) is 5.94. The predicted octanol–water partition coefficient (Wildman–Crippen LogP) is 4.33. The molecular weight excluding hydrogens is 580 g/mol. The lowest BCUT2D eigenvalue weighted by Gasteiger charge is -2.60. The average molecular weight is 625 g/mol. The Kier molecular flexibility index (Phi) is 8.78. The van der Waals surface area contributed by atoms with Gasteiger partial charge in [-0.3, -0.25) is 14.4 Å². The lowest BCUT2D eigenvalue weighted by Crippen LogP contribution is -2.68. The fourth-order valence-electron chi connectivity index (χ4n) is 8.54. The van der Waals surface area contributed by atoms with Crippen LogP contribution in [0.1, 0.15) is 73.3 Å². The van der Waals surface area contributed by atoms with Crippen molar-refractivity contribution in [2.75, 3.05) is 6.61 Å². The molecule has 3 fully saturated rings. The van der Waals surface area contributed by atoms with Crippen LogP contribution in [0.5, 0.6) is 0 Å². The Morgan fingerprint density at radius 1 is 0.933 bits per heavy atom. The molecule has 0 amide bonds. The van der Waals surface area contributed by atoms with Crippen molar-refractivity contribution in [3.05, 3.63) is 53.1 Å². The van der Waals surface area contributed by atoms with Crippen LogP contribution in [-0.4, -0.2) is 71.7 Å². The second-order valence-corrected chi connectivity index (χ2v) is 13.7. The second-order valence-electron chi connectivity index (χ2n) is 13.7. The quantitative estimate of drug-likeness (QED) is 0.160. The molecule has 3 aliphatic carbocycles. The number of benzene rings is 1. The first-order chi connectivity index (χ1) is 21.1. The van der Waals surface area contributed by atoms with Crippen molar-refractivity contribution in [2.24, 2.45) is 22.7 Å². The summed E-state index contributed by atoms with van der Waals surface area (Å²) in [6, 6.07) is 9.39. The summed E-state index contributed by atoms with van der Waals surface area (Å²) in [6.45, 7) is 11.9. The number of esters is 4. The second kappa shape index (κ2) is 12.0. The zero-order valence-corrected chi connectivity index (χ0v) is 27.0. The first-order valence-electron chi connectivity index (χ1n) is 15.6. The van der Waals surface area contributed by atoms with Crippen LogP contribution in [0.25, 0.3) is 6.08 Å². The molecule has 1 saturated heterocycles. The Bertz CT molecular complexity index is 1410. The minimum absolute atomic E-state index is 0.221. The van der Waals surface area contributed by atoms with Gasteiger partial charge in [-0.1, -0.05) is 51.1 Å². The van der Waals surface area contributed by atoms with Crippen molar-refractivity contribution in [3.63, 3.8) is 0 Å². The summed E-state index contributed by atoms with van der Waals surface area (Å²) in [5, 5.41) is 12.4. The Labute approximate surface area is 264 Å². The van der Waals surface area contributed by atoms with Gasteiger partial charge in [0.25, 0.3) is 0 Å². The van der Waals surface area contributed by atoms with Crippen molar-refractivity contribution in [1.29, 1.82) is 0 Å². The molecule has 0 radical (unpaired) electrons. The van der Waals surface area contributed by atoms with Gasteiger partial charge >= 0.3 is 23.9 Å². The van der Waals surface area contributed by atoms with Gasteiger partial charge in [0.05, 0.1) is 6.61 Å². The summed E-state index contributed by atoms with van der Waals surface area (Å²) < 4.78 is 30.2. The van der Waals surface area contributed by atoms with Crippen molar-refractivity contribution < 1.29 is 48.0 Å². The van der Waals surface area contributed by atoms with E-state index in [1.54, 1.807) is 6.08 Å². The first-order valence-corrected chi connectivity index (χ1v) is 15.6. The zero-order chi connectivity index (χ0) is 32.9. The third-order valence-electron chi connectivity index (χ3n) is 10.5. The minimum atomic E-state index is -1.25. The number of aliphatic hydroxyl groups is 1. The Hall–Kier alpha value is -3.50. The van der Waals surface area contributed by atoms with Crippen LogP contribution in [0.15, 0.2) is 47.6 Å². The van der Waals surface area contributed by atoms with E-state index in [9.17, 15) is 24.3 Å². The molecule has 0 aromatic heterocycles. The van der Waals surface area contributed by atoms with E-state index in [4.69, 9.17) is 23.7 Å². The summed E-state index contributed by atoms with van der Waals surface area (Å²) in [7, 11) is 0. The Morgan fingerprint density at radius 2 is 1.56 bits per heavy atom. The van der Waals surface area contributed by atoms with Crippen LogP contribution in [-0.2, 0) is 42.9 Å². The molecule has 1 aliphatic heterocycles. The Balaban J connectivity index is 1.62. The number of epoxide rings is 1. The zero-order valence-electron chi connectivity index (χ0n) is 27.0. The first kappa shape index (κ1) is 32.9. The average Bonchev–Trinajstić information content (AvgIpc) is 3.74. The molecule has 10 nitrogen and oxygen atoms in total. The number of aliphatic hydroxyl groups excluding tert-OH is 1. The summed E-state index contributed by atoms with van der Waals surface area (Å²) >= 11 is 0. The maximum atomic E-state index is 13.1. The standard InChI is InChI=1S/C35H44O10/c1-19-25(42-20(2)36)17-24-29(43-21(3)37)31-34(7,32(40)30(44-22(4)38)28(19)33(24,5)6)16-15-26(35(31)18-41-35)45-27(39)14-13-23-11-9-8-10-12-23/h8-14,24-26,29-32,40H,15-18H2,1-7H3/t24-,25-,26-,29+,30+,31-,32-,34-,35-/m0/s1. The minimum Gasteiger partial charge on any atom is -0.462 e. The fraction of sp³-hybridized carbons (Fsp3) is 0.600. The van der Waals surface area contributed by atoms with Gasteiger partial charge in [0, 0.05) is 44.1 Å². The summed E-state index contributed by atoms with van der Waals surface area (Å²) in [6.07, 6.45) is -0.391. The highest BCUT2D eigenvalue weighted by Gasteiger charge is 2.74. The highest BCUT2D eigenvalue weighted by Crippen LogP contribution is 2.65. The number of ether oxygens (including phenoxy) is 5. The highest BCUT2D eigenvalue weighted by atomic mass is 16.6. The molecule has 10 heteroatoms. The molecule has 1 spiro atoms. The van der Waals surface area contributed by atoms with Gasteiger partial charge in [0.15, 0.2) is 6.10 Å². The lowest BCUT2D eigenvalue weighted by atomic mass is 9.48. The number of rotatable bonds is 6. The van der Waals surface area contributed by atoms with E-state index in [2.05, 4.69) is 0 Å². The lowest BCUT2D eigenvalue weighted by molar-refractivity contribution is -0.222. The molecule has 2 bridgehead atoms. The van der Waals surface area contributed by atoms with E-state index >= 15 is 0 Å². The van der Waals surface area contributed by atoms with Gasteiger partial charge in [0.2, 0.25) is 0 Å². The molecule has 244 valence electrons. The largest absolute Gasteiger partial charge is 0.462 e. The van der Waals surface area contributed by atoms with E-state index in [-0.39, 0.29) is 6.61 Å². The van der Waals surface area contributed by atoms with Crippen molar-refractivity contribution in [2.45, 2.75) is 104 Å². The van der Waals surface area contributed by atoms with Crippen molar-refractivity contribution >= 4 is 30.0 Å². The SMILES string of the molecule is CC(=O)O[C@@H]1[C@@H]2C[C@H](OC(C)=O)C(C)=C([C@@H](OC(C)=O)[C@H](O)[C@@]3(C)CC[C@H](OC(=O)C=Cc4ccccc4)[C@@]4(CO4)[C@@H]13)C2(C)C. The summed E-state index contributed by atoms with van der Waals surface area (Å²) in [5.74, 6) is -3.19. The maximum absolute atomic E-state index is 13.1. The van der Waals surface area contributed by atoms with Gasteiger partial charge in [0.1, 0.15) is 30.0 Å². The molecule has 1 heterocycles. The molecule has 45 heavy (non-hydrogen) atoms. The van der Waals surface area contributed by atoms with Gasteiger partial charge < -0.3 is 28.8 Å². The van der Waals surface area contributed by atoms with E-state index < -0.39 is 82.7 Å². The number of carbonyl (C=O) groups excluding carboxylic acids is 4. The normalized spacial score (nSPS) is 36.8. The molecule has 5 rings (SSSR count). The number of hydrogen-bond acceptors (Lipinski definition) is 10. The molecular formula is C35H44O10. The highest BCUT2D eigenvalue weighted by molar-refractivity contribution is 5.87. The van der Waals surface area contributed by atoms with Gasteiger partial charge in [-0.2, -0.15) is 0 Å². The number of hydrogen-bond donors (Lipinski definition) is 1. The van der Waals surface area contributed by atoms with Crippen LogP contribution >= 0.6 is 0 Å². The number of fused-ring (bicyclic) bond motifs is 4. The van der Waals surface area contributed by atoms with Crippen LogP contribution in [0.2, 0.25) is 0 Å². The van der Waals surface area contributed by atoms with Crippen LogP contribution in [0.3, 0.4) is 0 Å². The topological polar surface area (TPSA) is 138 Å². The van der Waals surface area contributed by atoms with Gasteiger partial charge in [-0.05, 0) is 54.4 Å². The van der Waals surface area contributed by atoms with E-state index in [1.807, 2.05) is 58.0 Å². The fourth-order valence-corrected chi connectivity index (χ4v) is 8.54. The molecule has 0 unspecified atom stereocenters. The smallest absolute Gasteiger partial charge is 0.331 e. The summed E-state index contributed by atoms with van der Waals surface area (Å²) in [5.41, 5.74) is -0.638. The molecule has 4 aliphatic rings. The molecule has 1 N–H and O–H groups in total. The summed E-state index contributed by atoms with van der Waals surface area (Å²) in [4.78, 5) is 50.7. The van der Waals surface area contributed by atoms with Gasteiger partial charge in [-0.15, -0.1) is 0 Å². The van der Waals surface area contributed by atoms with Crippen LogP contribution < -0.4 is 0 Å². The maximum Gasteiger partial charge on any atom is 0.331 e. The molecule has 2 saturated carbocycles. The molecule has 9 atom stereocenters. The van der Waals surface area contributed by atoms with E-state index in [1.165, 1.54) is 26.8 Å². The van der Waals surface area contributed by atoms with Crippen LogP contribution in [0, 0.1) is 22.7 Å². The van der Waals surface area contributed by atoms with Gasteiger partial charge in [-0.25, -0.2) is 4.79 Å². The van der Waals surface area contributed by atoms with E-state index in [0.29, 0.717) is 30.4 Å². The predicted molar refractivity (Wildman–Crippen MR) is 162 cm³/mol. The third-order valence-corrected chi connectivity index (χ3v) is 10.5. The van der Waals surface area contributed by atoms with Crippen LogP contribution in [0.4, 0.5) is 0 Å². The Morgan fingerprint density at radius 3 is 2.13 bits per heavy atom. The monoisotopic (exact) mass is 624 g/mol. The van der Waals surface area contributed by atoms with Crippen molar-refractivity contribution in [1.82, 2.24) is 0 Å². The molecule has 1 aromatic carbocycles. The number of carbonyl (C=O) groups is 4. The van der Waals surface area contributed by atoms with E-state index in [0.717, 1.165) is 5.56 Å². The molecule has 1 aromatic rings. The van der Waals surface area contributed by atoms with Crippen molar-refractivity contribution in [3.8, 4) is 0 Å².